The van der Waals surface area contributed by atoms with Gasteiger partial charge in [0.05, 0.1) is 29.2 Å². The number of aromatic nitrogens is 4. The first-order valence-electron chi connectivity index (χ1n) is 11.1. The van der Waals surface area contributed by atoms with E-state index in [1.54, 1.807) is 23.4 Å². The van der Waals surface area contributed by atoms with Crippen molar-refractivity contribution in [3.8, 4) is 5.69 Å². The monoisotopic (exact) mass is 444 g/mol. The molecule has 4 aromatic rings. The number of nitrogens with one attached hydrogen (secondary N) is 1. The predicted molar refractivity (Wildman–Crippen MR) is 125 cm³/mol. The maximum absolute atomic E-state index is 15.3. The topological polar surface area (TPSA) is 75.9 Å². The Hall–Kier alpha value is -3.65. The molecule has 5 rings (SSSR count). The molecule has 1 saturated heterocycles. The Balaban J connectivity index is 1.60. The average Bonchev–Trinajstić information content (AvgIpc) is 3.26. The second-order valence-corrected chi connectivity index (χ2v) is 8.45. The minimum atomic E-state index is -0.601. The van der Waals surface area contributed by atoms with Gasteiger partial charge in [0.1, 0.15) is 11.6 Å². The summed E-state index contributed by atoms with van der Waals surface area (Å²) in [6.45, 7) is 5.35. The van der Waals surface area contributed by atoms with Gasteiger partial charge in [0.15, 0.2) is 0 Å². The quantitative estimate of drug-likeness (QED) is 0.516. The van der Waals surface area contributed by atoms with E-state index >= 15 is 4.39 Å². The fourth-order valence-corrected chi connectivity index (χ4v) is 4.48. The van der Waals surface area contributed by atoms with Crippen molar-refractivity contribution in [2.75, 3.05) is 18.0 Å². The van der Waals surface area contributed by atoms with Crippen LogP contribution in [-0.2, 0) is 0 Å². The summed E-state index contributed by atoms with van der Waals surface area (Å²) >= 11 is 0. The molecule has 0 radical (unpaired) electrons. The van der Waals surface area contributed by atoms with Crippen molar-refractivity contribution in [1.82, 2.24) is 25.3 Å². The predicted octanol–water partition coefficient (Wildman–Crippen LogP) is 3.97. The van der Waals surface area contributed by atoms with Crippen molar-refractivity contribution in [2.24, 2.45) is 0 Å². The molecule has 2 aromatic carbocycles. The van der Waals surface area contributed by atoms with E-state index in [9.17, 15) is 4.79 Å². The third-order valence-electron chi connectivity index (χ3n) is 6.12. The van der Waals surface area contributed by atoms with Gasteiger partial charge in [-0.3, -0.25) is 9.69 Å². The van der Waals surface area contributed by atoms with E-state index in [1.165, 1.54) is 16.8 Å². The minimum absolute atomic E-state index is 0.00791. The van der Waals surface area contributed by atoms with Crippen LogP contribution >= 0.6 is 0 Å². The number of pyridine rings is 1. The molecule has 1 amide bonds. The lowest BCUT2D eigenvalue weighted by atomic mass is 10.0. The number of piperidine rings is 1. The summed E-state index contributed by atoms with van der Waals surface area (Å²) < 4.78 is 16.8. The van der Waals surface area contributed by atoms with Gasteiger partial charge in [0, 0.05) is 24.2 Å². The molecule has 8 heteroatoms. The zero-order valence-electron chi connectivity index (χ0n) is 18.6. The largest absolute Gasteiger partial charge is 0.315 e. The number of carbonyl (C=O) groups is 1. The van der Waals surface area contributed by atoms with Gasteiger partial charge in [-0.15, -0.1) is 5.10 Å². The van der Waals surface area contributed by atoms with Crippen LogP contribution in [0.5, 0.6) is 0 Å². The molecule has 0 unspecified atom stereocenters. The van der Waals surface area contributed by atoms with Crippen molar-refractivity contribution >= 4 is 22.5 Å². The first-order valence-corrected chi connectivity index (χ1v) is 11.1. The minimum Gasteiger partial charge on any atom is -0.315 e. The van der Waals surface area contributed by atoms with Gasteiger partial charge in [0.25, 0.3) is 5.91 Å². The number of carbonyl (C=O) groups excluding carboxylic acids is 1. The molecule has 168 valence electrons. The van der Waals surface area contributed by atoms with E-state index in [4.69, 9.17) is 0 Å². The fraction of sp³-hybridized carbons (Fsp3) is 0.280. The molecular weight excluding hydrogens is 419 g/mol. The lowest BCUT2D eigenvalue weighted by Gasteiger charge is -2.35. The van der Waals surface area contributed by atoms with Crippen LogP contribution in [0, 0.1) is 19.7 Å². The highest BCUT2D eigenvalue weighted by atomic mass is 19.1. The Labute approximate surface area is 191 Å². The van der Waals surface area contributed by atoms with Crippen LogP contribution in [0.4, 0.5) is 10.2 Å². The van der Waals surface area contributed by atoms with Crippen LogP contribution < -0.4 is 10.2 Å². The number of anilines is 1. The number of nitrogens with zero attached hydrogens (tertiary/aromatic N) is 5. The summed E-state index contributed by atoms with van der Waals surface area (Å²) in [6, 6.07) is 12.3. The molecule has 1 atom stereocenters. The first kappa shape index (κ1) is 21.2. The van der Waals surface area contributed by atoms with Crippen molar-refractivity contribution in [3.63, 3.8) is 0 Å². The lowest BCUT2D eigenvalue weighted by Crippen LogP contribution is -2.49. The smallest absolute Gasteiger partial charge is 0.262 e. The van der Waals surface area contributed by atoms with Crippen LogP contribution in [-0.4, -0.2) is 45.0 Å². The van der Waals surface area contributed by atoms with Crippen LogP contribution in [0.2, 0.25) is 0 Å². The molecule has 1 aliphatic heterocycles. The van der Waals surface area contributed by atoms with Crippen molar-refractivity contribution < 1.29 is 9.18 Å². The van der Waals surface area contributed by atoms with Crippen LogP contribution in [0.15, 0.2) is 54.9 Å². The number of benzene rings is 2. The Kier molecular flexibility index (Phi) is 5.60. The summed E-state index contributed by atoms with van der Waals surface area (Å²) in [5.74, 6) is -0.429. The molecule has 3 heterocycles. The van der Waals surface area contributed by atoms with Gasteiger partial charge in [-0.1, -0.05) is 23.4 Å². The second kappa shape index (κ2) is 8.71. The lowest BCUT2D eigenvalue weighted by molar-refractivity contribution is 0.0968. The third-order valence-corrected chi connectivity index (χ3v) is 6.12. The summed E-state index contributed by atoms with van der Waals surface area (Å²) in [7, 11) is 0. The Morgan fingerprint density at radius 1 is 1.21 bits per heavy atom. The zero-order valence-corrected chi connectivity index (χ0v) is 18.6. The van der Waals surface area contributed by atoms with Crippen molar-refractivity contribution in [2.45, 2.75) is 32.7 Å². The van der Waals surface area contributed by atoms with Crippen LogP contribution in [0.3, 0.4) is 0 Å². The fourth-order valence-electron chi connectivity index (χ4n) is 4.48. The molecule has 1 fully saturated rings. The number of amides is 1. The molecule has 0 aliphatic carbocycles. The SMILES string of the molecule is Cc1cn(-c2ccc(C(=O)N(c3nccc4cccc(C)c34)[C@@H]3CCCNC3)c(F)c2)nn1. The van der Waals surface area contributed by atoms with E-state index in [2.05, 4.69) is 20.6 Å². The highest BCUT2D eigenvalue weighted by molar-refractivity contribution is 6.11. The molecule has 1 aliphatic rings. The summed E-state index contributed by atoms with van der Waals surface area (Å²) in [5.41, 5.74) is 2.27. The Morgan fingerprint density at radius 2 is 2.09 bits per heavy atom. The van der Waals surface area contributed by atoms with E-state index in [-0.39, 0.29) is 11.6 Å². The molecule has 0 saturated carbocycles. The number of fused-ring (bicyclic) bond motifs is 1. The van der Waals surface area contributed by atoms with E-state index in [1.807, 2.05) is 38.1 Å². The number of hydrogen-bond acceptors (Lipinski definition) is 5. The molecule has 1 N–H and O–H groups in total. The molecule has 7 nitrogen and oxygen atoms in total. The van der Waals surface area contributed by atoms with E-state index < -0.39 is 11.7 Å². The molecule has 0 bridgehead atoms. The number of hydrogen-bond donors (Lipinski definition) is 1. The highest BCUT2D eigenvalue weighted by Gasteiger charge is 2.31. The van der Waals surface area contributed by atoms with Gasteiger partial charge in [-0.05, 0) is 62.4 Å². The van der Waals surface area contributed by atoms with Gasteiger partial charge in [-0.25, -0.2) is 14.1 Å². The summed E-state index contributed by atoms with van der Waals surface area (Å²) in [6.07, 6.45) is 5.17. The molecule has 33 heavy (non-hydrogen) atoms. The summed E-state index contributed by atoms with van der Waals surface area (Å²) in [4.78, 5) is 20.2. The second-order valence-electron chi connectivity index (χ2n) is 8.45. The highest BCUT2D eigenvalue weighted by Crippen LogP contribution is 2.32. The maximum Gasteiger partial charge on any atom is 0.262 e. The Bertz CT molecular complexity index is 1320. The van der Waals surface area contributed by atoms with Gasteiger partial charge in [0.2, 0.25) is 0 Å². The van der Waals surface area contributed by atoms with Crippen LogP contribution in [0.1, 0.15) is 34.5 Å². The number of rotatable bonds is 4. The standard InChI is InChI=1S/C25H25FN6O/c1-16-5-3-6-18-10-12-28-24(23(16)18)32(20-7-4-11-27-14-20)25(33)21-9-8-19(13-22(21)26)31-15-17(2)29-30-31/h3,5-6,8-10,12-13,15,20,27H,4,7,11,14H2,1-2H3/t20-/m1/s1. The third kappa shape index (κ3) is 3.98. The van der Waals surface area contributed by atoms with Crippen LogP contribution in [0.25, 0.3) is 16.5 Å². The average molecular weight is 445 g/mol. The first-order chi connectivity index (χ1) is 16.0. The summed E-state index contributed by atoms with van der Waals surface area (Å²) in [5, 5.41) is 13.2. The van der Waals surface area contributed by atoms with E-state index in [0.29, 0.717) is 18.1 Å². The van der Waals surface area contributed by atoms with Crippen molar-refractivity contribution in [1.29, 1.82) is 0 Å². The van der Waals surface area contributed by atoms with Gasteiger partial charge in [-0.2, -0.15) is 0 Å². The number of aryl methyl sites for hydroxylation is 2. The van der Waals surface area contributed by atoms with Gasteiger partial charge >= 0.3 is 0 Å². The molecule has 2 aromatic heterocycles. The Morgan fingerprint density at radius 3 is 2.82 bits per heavy atom. The van der Waals surface area contributed by atoms with Crippen molar-refractivity contribution in [3.05, 3.63) is 77.5 Å². The molecule has 0 spiro atoms. The zero-order chi connectivity index (χ0) is 22.9. The maximum atomic E-state index is 15.3. The molecular formula is C25H25FN6O. The van der Waals surface area contributed by atoms with E-state index in [0.717, 1.165) is 41.4 Å². The number of halogens is 1. The van der Waals surface area contributed by atoms with Gasteiger partial charge < -0.3 is 5.32 Å². The normalized spacial score (nSPS) is 16.2.